The number of rotatable bonds is 7. The van der Waals surface area contributed by atoms with Gasteiger partial charge in [0.05, 0.1) is 25.2 Å². The second-order valence-corrected chi connectivity index (χ2v) is 6.88. The Morgan fingerprint density at radius 1 is 1.07 bits per heavy atom. The molecule has 0 fully saturated rings. The summed E-state index contributed by atoms with van der Waals surface area (Å²) in [6.45, 7) is -0.109. The number of para-hydroxylation sites is 1. The van der Waals surface area contributed by atoms with Crippen molar-refractivity contribution >= 4 is 17.6 Å². The van der Waals surface area contributed by atoms with Crippen LogP contribution < -0.4 is 16.0 Å². The van der Waals surface area contributed by atoms with Crippen LogP contribution >= 0.6 is 0 Å². The topological polar surface area (TPSA) is 99.7 Å². The van der Waals surface area contributed by atoms with Crippen molar-refractivity contribution in [2.45, 2.75) is 31.2 Å². The highest BCUT2D eigenvalue weighted by atomic mass is 19.1. The number of hydrogen-bond acceptors (Lipinski definition) is 4. The Balaban J connectivity index is 1.49. The molecule has 0 aliphatic carbocycles. The molecular formula is C22H24FN3O4. The molecule has 1 aliphatic heterocycles. The fraction of sp³-hybridized carbons (Fsp3) is 0.273. The van der Waals surface area contributed by atoms with Gasteiger partial charge in [-0.05, 0) is 29.8 Å². The summed E-state index contributed by atoms with van der Waals surface area (Å²) in [7, 11) is 0. The molecule has 0 saturated carbocycles. The third-order valence-corrected chi connectivity index (χ3v) is 4.56. The summed E-state index contributed by atoms with van der Waals surface area (Å²) in [5.41, 5.74) is 1.30. The van der Waals surface area contributed by atoms with Gasteiger partial charge in [-0.1, -0.05) is 42.5 Å². The summed E-state index contributed by atoms with van der Waals surface area (Å²) in [4.78, 5) is 24.3. The highest BCUT2D eigenvalue weighted by Gasteiger charge is 2.29. The average molecular weight is 413 g/mol. The molecule has 30 heavy (non-hydrogen) atoms. The van der Waals surface area contributed by atoms with Gasteiger partial charge in [-0.25, -0.2) is 9.18 Å². The number of carbonyl (C=O) groups is 2. The monoisotopic (exact) mass is 413 g/mol. The summed E-state index contributed by atoms with van der Waals surface area (Å²) < 4.78 is 18.9. The summed E-state index contributed by atoms with van der Waals surface area (Å²) in [6, 6.07) is 14.0. The van der Waals surface area contributed by atoms with Crippen molar-refractivity contribution in [2.24, 2.45) is 0 Å². The Labute approximate surface area is 173 Å². The molecule has 0 radical (unpaired) electrons. The zero-order valence-electron chi connectivity index (χ0n) is 16.3. The second-order valence-electron chi connectivity index (χ2n) is 6.88. The number of hydrogen-bond donors (Lipinski definition) is 4. The summed E-state index contributed by atoms with van der Waals surface area (Å²) in [5.74, 6) is -0.625. The Morgan fingerprint density at radius 2 is 1.87 bits per heavy atom. The molecule has 3 atom stereocenters. The lowest BCUT2D eigenvalue weighted by Gasteiger charge is -2.31. The molecular weight excluding hydrogens is 389 g/mol. The van der Waals surface area contributed by atoms with Crippen LogP contribution in [0.5, 0.6) is 0 Å². The Kier molecular flexibility index (Phi) is 7.53. The smallest absolute Gasteiger partial charge is 0.319 e. The third kappa shape index (κ3) is 6.40. The number of urea groups is 1. The zero-order valence-corrected chi connectivity index (χ0v) is 16.3. The van der Waals surface area contributed by atoms with E-state index in [2.05, 4.69) is 16.0 Å². The first-order valence-electron chi connectivity index (χ1n) is 9.62. The first-order valence-corrected chi connectivity index (χ1v) is 9.62. The highest BCUT2D eigenvalue weighted by molar-refractivity contribution is 5.89. The maximum absolute atomic E-state index is 13.2. The maximum atomic E-state index is 13.2. The van der Waals surface area contributed by atoms with Gasteiger partial charge in [0.25, 0.3) is 0 Å². The number of ether oxygens (including phenoxy) is 1. The van der Waals surface area contributed by atoms with Crippen molar-refractivity contribution < 1.29 is 23.8 Å². The van der Waals surface area contributed by atoms with Gasteiger partial charge >= 0.3 is 6.03 Å². The Morgan fingerprint density at radius 3 is 2.60 bits per heavy atom. The van der Waals surface area contributed by atoms with Crippen LogP contribution in [0.1, 0.15) is 12.0 Å². The van der Waals surface area contributed by atoms with Gasteiger partial charge in [0.1, 0.15) is 11.9 Å². The molecule has 7 nitrogen and oxygen atoms in total. The lowest BCUT2D eigenvalue weighted by Crippen LogP contribution is -2.50. The molecule has 2 aromatic carbocycles. The van der Waals surface area contributed by atoms with Crippen LogP contribution in [0, 0.1) is 5.82 Å². The SMILES string of the molecule is O=C(C[C@@H]1C=C[C@H](NC(=O)Nc2ccccc2)[C@H](CO)O1)NCc1cccc(F)c1. The van der Waals surface area contributed by atoms with Crippen LogP contribution in [-0.4, -0.2) is 41.9 Å². The van der Waals surface area contributed by atoms with Crippen molar-refractivity contribution in [3.05, 3.63) is 78.1 Å². The van der Waals surface area contributed by atoms with Crippen molar-refractivity contribution in [2.75, 3.05) is 11.9 Å². The molecule has 0 bridgehead atoms. The number of anilines is 1. The van der Waals surface area contributed by atoms with Gasteiger partial charge in [0, 0.05) is 12.2 Å². The molecule has 0 saturated heterocycles. The first kappa shape index (κ1) is 21.5. The highest BCUT2D eigenvalue weighted by Crippen LogP contribution is 2.16. The Hall–Kier alpha value is -3.23. The van der Waals surface area contributed by atoms with Crippen LogP contribution in [0.15, 0.2) is 66.7 Å². The molecule has 8 heteroatoms. The van der Waals surface area contributed by atoms with Crippen LogP contribution in [0.25, 0.3) is 0 Å². The normalized spacial score (nSPS) is 20.4. The predicted octanol–water partition coefficient (Wildman–Crippen LogP) is 2.34. The minimum atomic E-state index is -0.683. The van der Waals surface area contributed by atoms with E-state index in [0.717, 1.165) is 0 Å². The molecule has 158 valence electrons. The van der Waals surface area contributed by atoms with E-state index in [1.807, 2.05) is 6.07 Å². The van der Waals surface area contributed by atoms with Gasteiger partial charge in [-0.15, -0.1) is 0 Å². The summed E-state index contributed by atoms with van der Waals surface area (Å²) in [5, 5.41) is 17.8. The predicted molar refractivity (Wildman–Crippen MR) is 110 cm³/mol. The van der Waals surface area contributed by atoms with Crippen molar-refractivity contribution in [1.82, 2.24) is 10.6 Å². The van der Waals surface area contributed by atoms with E-state index < -0.39 is 24.3 Å². The van der Waals surface area contributed by atoms with Crippen molar-refractivity contribution in [3.8, 4) is 0 Å². The summed E-state index contributed by atoms with van der Waals surface area (Å²) >= 11 is 0. The van der Waals surface area contributed by atoms with Crippen LogP contribution in [0.3, 0.4) is 0 Å². The molecule has 0 spiro atoms. The van der Waals surface area contributed by atoms with E-state index in [1.54, 1.807) is 48.6 Å². The number of amides is 3. The van der Waals surface area contributed by atoms with Crippen LogP contribution in [0.2, 0.25) is 0 Å². The van der Waals surface area contributed by atoms with Gasteiger partial charge in [-0.2, -0.15) is 0 Å². The van der Waals surface area contributed by atoms with Crippen molar-refractivity contribution in [1.29, 1.82) is 0 Å². The number of nitrogens with one attached hydrogen (secondary N) is 3. The van der Waals surface area contributed by atoms with Gasteiger partial charge < -0.3 is 25.8 Å². The minimum absolute atomic E-state index is 0.0469. The largest absolute Gasteiger partial charge is 0.394 e. The van der Waals surface area contributed by atoms with E-state index >= 15 is 0 Å². The van der Waals surface area contributed by atoms with Crippen LogP contribution in [0.4, 0.5) is 14.9 Å². The summed E-state index contributed by atoms with van der Waals surface area (Å²) in [6.07, 6.45) is 2.22. The first-order chi connectivity index (χ1) is 14.5. The molecule has 3 amide bonds. The number of aliphatic hydroxyl groups is 1. The number of carbonyl (C=O) groups excluding carboxylic acids is 2. The molecule has 1 heterocycles. The third-order valence-electron chi connectivity index (χ3n) is 4.56. The van der Waals surface area contributed by atoms with E-state index in [9.17, 15) is 19.1 Å². The molecule has 4 N–H and O–H groups in total. The molecule has 0 unspecified atom stereocenters. The van der Waals surface area contributed by atoms with E-state index in [-0.39, 0.29) is 31.3 Å². The second kappa shape index (κ2) is 10.5. The van der Waals surface area contributed by atoms with E-state index in [4.69, 9.17) is 4.74 Å². The maximum Gasteiger partial charge on any atom is 0.319 e. The molecule has 0 aromatic heterocycles. The standard InChI is InChI=1S/C22H24FN3O4/c23-16-6-4-5-15(11-16)13-24-21(28)12-18-9-10-19(20(14-27)30-18)26-22(29)25-17-7-2-1-3-8-17/h1-11,18-20,27H,12-14H2,(H,24,28)(H2,25,26,29)/t18-,19-,20-/m0/s1. The fourth-order valence-corrected chi connectivity index (χ4v) is 3.08. The van der Waals surface area contributed by atoms with Gasteiger partial charge in [-0.3, -0.25) is 4.79 Å². The van der Waals surface area contributed by atoms with Crippen LogP contribution in [-0.2, 0) is 16.1 Å². The minimum Gasteiger partial charge on any atom is -0.394 e. The van der Waals surface area contributed by atoms with Crippen molar-refractivity contribution in [3.63, 3.8) is 0 Å². The lowest BCUT2D eigenvalue weighted by molar-refractivity contribution is -0.125. The van der Waals surface area contributed by atoms with Gasteiger partial charge in [0.15, 0.2) is 0 Å². The van der Waals surface area contributed by atoms with E-state index in [0.29, 0.717) is 11.3 Å². The quantitative estimate of drug-likeness (QED) is 0.524. The molecule has 3 rings (SSSR count). The number of aliphatic hydroxyl groups excluding tert-OH is 1. The average Bonchev–Trinajstić information content (AvgIpc) is 2.74. The van der Waals surface area contributed by atoms with E-state index in [1.165, 1.54) is 12.1 Å². The Bertz CT molecular complexity index is 891. The lowest BCUT2D eigenvalue weighted by atomic mass is 10.0. The zero-order chi connectivity index (χ0) is 21.3. The number of benzene rings is 2. The molecule has 2 aromatic rings. The van der Waals surface area contributed by atoms with Gasteiger partial charge in [0.2, 0.25) is 5.91 Å². The molecule has 1 aliphatic rings. The number of halogens is 1. The fourth-order valence-electron chi connectivity index (χ4n) is 3.08.